The zero-order valence-electron chi connectivity index (χ0n) is 9.69. The number of anilines is 1. The Hall–Kier alpha value is -1.06. The monoisotopic (exact) mass is 253 g/mol. The summed E-state index contributed by atoms with van der Waals surface area (Å²) in [6, 6.07) is 6.03. The van der Waals surface area contributed by atoms with Gasteiger partial charge in [0.1, 0.15) is 6.29 Å². The molecular weight excluding hydrogens is 238 g/mol. The largest absolute Gasteiger partial charge is 0.378 e. The highest BCUT2D eigenvalue weighted by Crippen LogP contribution is 2.27. The van der Waals surface area contributed by atoms with E-state index in [9.17, 15) is 4.79 Å². The highest BCUT2D eigenvalue weighted by Gasteiger charge is 2.14. The fourth-order valence-corrected chi connectivity index (χ4v) is 2.31. The van der Waals surface area contributed by atoms with E-state index in [-0.39, 0.29) is 0 Å². The molecule has 1 aromatic rings. The minimum Gasteiger partial charge on any atom is -0.378 e. The molecule has 0 unspecified atom stereocenters. The third-order valence-corrected chi connectivity index (χ3v) is 3.22. The highest BCUT2D eigenvalue weighted by molar-refractivity contribution is 6.33. The van der Waals surface area contributed by atoms with E-state index in [4.69, 9.17) is 16.3 Å². The fourth-order valence-electron chi connectivity index (χ4n) is 1.99. The Morgan fingerprint density at radius 2 is 2.12 bits per heavy atom. The van der Waals surface area contributed by atoms with E-state index >= 15 is 0 Å². The van der Waals surface area contributed by atoms with Gasteiger partial charge >= 0.3 is 0 Å². The van der Waals surface area contributed by atoms with Gasteiger partial charge in [-0.2, -0.15) is 0 Å². The summed E-state index contributed by atoms with van der Waals surface area (Å²) < 4.78 is 5.31. The van der Waals surface area contributed by atoms with E-state index in [0.29, 0.717) is 6.42 Å². The molecule has 0 amide bonds. The topological polar surface area (TPSA) is 29.5 Å². The summed E-state index contributed by atoms with van der Waals surface area (Å²) in [5, 5.41) is 0.760. The van der Waals surface area contributed by atoms with Crippen molar-refractivity contribution in [2.45, 2.75) is 12.8 Å². The van der Waals surface area contributed by atoms with Crippen molar-refractivity contribution >= 4 is 23.6 Å². The highest BCUT2D eigenvalue weighted by atomic mass is 35.5. The van der Waals surface area contributed by atoms with Gasteiger partial charge < -0.3 is 14.4 Å². The Balaban J connectivity index is 2.10. The first-order chi connectivity index (χ1) is 8.31. The van der Waals surface area contributed by atoms with Crippen LogP contribution in [0.15, 0.2) is 18.2 Å². The number of hydrogen-bond acceptors (Lipinski definition) is 3. The fraction of sp³-hybridized carbons (Fsp3) is 0.462. The zero-order valence-corrected chi connectivity index (χ0v) is 10.4. The number of nitrogens with zero attached hydrogens (tertiary/aromatic N) is 1. The molecule has 0 aliphatic carbocycles. The Morgan fingerprint density at radius 1 is 1.35 bits per heavy atom. The number of aryl methyl sites for hydroxylation is 1. The van der Waals surface area contributed by atoms with Gasteiger partial charge in [0.15, 0.2) is 0 Å². The van der Waals surface area contributed by atoms with Gasteiger partial charge in [0.25, 0.3) is 0 Å². The van der Waals surface area contributed by atoms with E-state index < -0.39 is 0 Å². The second-order valence-electron chi connectivity index (χ2n) is 4.09. The Bertz CT molecular complexity index is 389. The minimum atomic E-state index is 0.549. The lowest BCUT2D eigenvalue weighted by atomic mass is 10.1. The lowest BCUT2D eigenvalue weighted by Gasteiger charge is -2.29. The number of aldehydes is 1. The van der Waals surface area contributed by atoms with Crippen LogP contribution in [0, 0.1) is 0 Å². The smallest absolute Gasteiger partial charge is 0.120 e. The van der Waals surface area contributed by atoms with Crippen LogP contribution in [0.2, 0.25) is 5.02 Å². The quantitative estimate of drug-likeness (QED) is 0.772. The van der Waals surface area contributed by atoms with E-state index in [1.54, 1.807) is 0 Å². The summed E-state index contributed by atoms with van der Waals surface area (Å²) in [6.07, 6.45) is 2.24. The SMILES string of the molecule is O=CCCc1ccc(N2CCOCC2)c(Cl)c1. The van der Waals surface area contributed by atoms with Crippen molar-refractivity contribution in [3.8, 4) is 0 Å². The first-order valence-corrected chi connectivity index (χ1v) is 6.24. The van der Waals surface area contributed by atoms with E-state index in [0.717, 1.165) is 55.3 Å². The van der Waals surface area contributed by atoms with Crippen LogP contribution >= 0.6 is 11.6 Å². The molecule has 0 N–H and O–H groups in total. The molecule has 1 heterocycles. The van der Waals surface area contributed by atoms with Crippen LogP contribution < -0.4 is 4.90 Å². The molecule has 0 saturated carbocycles. The molecule has 4 heteroatoms. The predicted octanol–water partition coefficient (Wildman–Crippen LogP) is 2.31. The van der Waals surface area contributed by atoms with Gasteiger partial charge in [-0.15, -0.1) is 0 Å². The summed E-state index contributed by atoms with van der Waals surface area (Å²) in [4.78, 5) is 12.6. The summed E-state index contributed by atoms with van der Waals surface area (Å²) >= 11 is 6.27. The van der Waals surface area contributed by atoms with Gasteiger partial charge in [0, 0.05) is 19.5 Å². The maximum absolute atomic E-state index is 10.3. The molecule has 1 saturated heterocycles. The second kappa shape index (κ2) is 6.03. The molecule has 1 aliphatic rings. The zero-order chi connectivity index (χ0) is 12.1. The van der Waals surface area contributed by atoms with Crippen molar-refractivity contribution in [3.05, 3.63) is 28.8 Å². The number of rotatable bonds is 4. The summed E-state index contributed by atoms with van der Waals surface area (Å²) in [5.41, 5.74) is 2.17. The minimum absolute atomic E-state index is 0.549. The third-order valence-electron chi connectivity index (χ3n) is 2.91. The standard InChI is InChI=1S/C13H16ClNO2/c14-12-10-11(2-1-7-16)3-4-13(12)15-5-8-17-9-6-15/h3-4,7,10H,1-2,5-6,8-9H2. The van der Waals surface area contributed by atoms with Crippen molar-refractivity contribution in [1.82, 2.24) is 0 Å². The van der Waals surface area contributed by atoms with E-state index in [1.807, 2.05) is 18.2 Å². The molecule has 3 nitrogen and oxygen atoms in total. The number of carbonyl (C=O) groups is 1. The number of ether oxygens (including phenoxy) is 1. The molecule has 0 spiro atoms. The number of benzene rings is 1. The average molecular weight is 254 g/mol. The molecule has 1 aromatic carbocycles. The van der Waals surface area contributed by atoms with Crippen LogP contribution in [0.3, 0.4) is 0 Å². The maximum Gasteiger partial charge on any atom is 0.120 e. The number of halogens is 1. The molecule has 1 fully saturated rings. The normalized spacial score (nSPS) is 15.9. The Morgan fingerprint density at radius 3 is 2.76 bits per heavy atom. The van der Waals surface area contributed by atoms with Crippen molar-refractivity contribution in [2.75, 3.05) is 31.2 Å². The van der Waals surface area contributed by atoms with Crippen LogP contribution in [0.25, 0.3) is 0 Å². The average Bonchev–Trinajstić information content (AvgIpc) is 2.37. The van der Waals surface area contributed by atoms with Gasteiger partial charge in [-0.3, -0.25) is 0 Å². The molecule has 0 bridgehead atoms. The summed E-state index contributed by atoms with van der Waals surface area (Å²) in [5.74, 6) is 0. The molecule has 0 radical (unpaired) electrons. The van der Waals surface area contributed by atoms with Crippen LogP contribution in [0.1, 0.15) is 12.0 Å². The molecule has 17 heavy (non-hydrogen) atoms. The van der Waals surface area contributed by atoms with Gasteiger partial charge in [0.2, 0.25) is 0 Å². The summed E-state index contributed by atoms with van der Waals surface area (Å²) in [6.45, 7) is 3.27. The molecule has 0 atom stereocenters. The lowest BCUT2D eigenvalue weighted by molar-refractivity contribution is -0.107. The van der Waals surface area contributed by atoms with Crippen LogP contribution in [-0.2, 0) is 16.0 Å². The molecule has 92 valence electrons. The predicted molar refractivity (Wildman–Crippen MR) is 68.9 cm³/mol. The first-order valence-electron chi connectivity index (χ1n) is 5.86. The second-order valence-corrected chi connectivity index (χ2v) is 4.50. The third kappa shape index (κ3) is 3.20. The van der Waals surface area contributed by atoms with Gasteiger partial charge in [-0.1, -0.05) is 17.7 Å². The number of carbonyl (C=O) groups excluding carboxylic acids is 1. The molecular formula is C13H16ClNO2. The Labute approximate surface area is 106 Å². The van der Waals surface area contributed by atoms with Gasteiger partial charge in [-0.05, 0) is 24.1 Å². The first kappa shape index (κ1) is 12.4. The number of hydrogen-bond donors (Lipinski definition) is 0. The van der Waals surface area contributed by atoms with E-state index in [1.165, 1.54) is 0 Å². The number of morpholine rings is 1. The lowest BCUT2D eigenvalue weighted by Crippen LogP contribution is -2.36. The van der Waals surface area contributed by atoms with Crippen molar-refractivity contribution in [2.24, 2.45) is 0 Å². The van der Waals surface area contributed by atoms with Crippen molar-refractivity contribution in [1.29, 1.82) is 0 Å². The molecule has 0 aromatic heterocycles. The van der Waals surface area contributed by atoms with E-state index in [2.05, 4.69) is 4.90 Å². The van der Waals surface area contributed by atoms with Crippen molar-refractivity contribution in [3.63, 3.8) is 0 Å². The molecule has 1 aliphatic heterocycles. The molecule has 2 rings (SSSR count). The maximum atomic E-state index is 10.3. The van der Waals surface area contributed by atoms with Gasteiger partial charge in [-0.25, -0.2) is 0 Å². The van der Waals surface area contributed by atoms with Gasteiger partial charge in [0.05, 0.1) is 23.9 Å². The van der Waals surface area contributed by atoms with Crippen LogP contribution in [0.4, 0.5) is 5.69 Å². The van der Waals surface area contributed by atoms with Crippen LogP contribution in [0.5, 0.6) is 0 Å². The van der Waals surface area contributed by atoms with Crippen molar-refractivity contribution < 1.29 is 9.53 Å². The van der Waals surface area contributed by atoms with Crippen LogP contribution in [-0.4, -0.2) is 32.6 Å². The Kier molecular flexibility index (Phi) is 4.40. The summed E-state index contributed by atoms with van der Waals surface area (Å²) in [7, 11) is 0.